The maximum Gasteiger partial charge on any atom is 0.338 e. The molecule has 136 valence electrons. The zero-order chi connectivity index (χ0) is 19.0. The number of nitrogens with one attached hydrogen (secondary N) is 1. The van der Waals surface area contributed by atoms with Crippen LogP contribution in [0.15, 0.2) is 53.7 Å². The van der Waals surface area contributed by atoms with Gasteiger partial charge in [-0.25, -0.2) is 14.5 Å². The summed E-state index contributed by atoms with van der Waals surface area (Å²) in [4.78, 5) is 19.5. The normalized spacial score (nSPS) is 11.2. The molecule has 2 N–H and O–H groups in total. The average molecular weight is 419 g/mol. The summed E-state index contributed by atoms with van der Waals surface area (Å²) in [6.07, 6.45) is 2.67. The van der Waals surface area contributed by atoms with Crippen molar-refractivity contribution >= 4 is 52.0 Å². The molecule has 0 amide bonds. The summed E-state index contributed by atoms with van der Waals surface area (Å²) in [5.74, 6) is 0.0593. The molecule has 0 unspecified atom stereocenters. The molecule has 27 heavy (non-hydrogen) atoms. The van der Waals surface area contributed by atoms with Gasteiger partial charge in [0.2, 0.25) is 5.95 Å². The summed E-state index contributed by atoms with van der Waals surface area (Å²) in [5, 5.41) is 14.4. The third-order valence-electron chi connectivity index (χ3n) is 3.91. The van der Waals surface area contributed by atoms with Crippen molar-refractivity contribution in [3.63, 3.8) is 0 Å². The SMILES string of the molecule is O=C(O)c1cnn(-c2nc3cc(SCc4ccccc4Cl)c(Cl)cc3[nH]2)c1. The highest BCUT2D eigenvalue weighted by Crippen LogP contribution is 2.34. The Hall–Kier alpha value is -2.48. The highest BCUT2D eigenvalue weighted by Gasteiger charge is 2.13. The minimum atomic E-state index is -1.04. The summed E-state index contributed by atoms with van der Waals surface area (Å²) in [7, 11) is 0. The monoisotopic (exact) mass is 418 g/mol. The van der Waals surface area contributed by atoms with Gasteiger partial charge < -0.3 is 10.1 Å². The van der Waals surface area contributed by atoms with E-state index in [1.807, 2.05) is 30.3 Å². The summed E-state index contributed by atoms with van der Waals surface area (Å²) in [5.41, 5.74) is 2.57. The molecule has 2 aromatic carbocycles. The minimum absolute atomic E-state index is 0.0875. The molecule has 0 aliphatic heterocycles. The quantitative estimate of drug-likeness (QED) is 0.443. The number of hydrogen-bond acceptors (Lipinski definition) is 4. The van der Waals surface area contributed by atoms with Crippen molar-refractivity contribution in [1.29, 1.82) is 0 Å². The van der Waals surface area contributed by atoms with Crippen molar-refractivity contribution in [3.8, 4) is 5.95 Å². The Balaban J connectivity index is 1.62. The van der Waals surface area contributed by atoms with Gasteiger partial charge in [-0.05, 0) is 23.8 Å². The number of rotatable bonds is 5. The average Bonchev–Trinajstić information content (AvgIpc) is 3.27. The summed E-state index contributed by atoms with van der Waals surface area (Å²) >= 11 is 14.2. The van der Waals surface area contributed by atoms with E-state index in [0.29, 0.717) is 22.2 Å². The van der Waals surface area contributed by atoms with Gasteiger partial charge in [0, 0.05) is 21.9 Å². The van der Waals surface area contributed by atoms with E-state index in [1.54, 1.807) is 17.8 Å². The Morgan fingerprint density at radius 2 is 2.04 bits per heavy atom. The van der Waals surface area contributed by atoms with E-state index in [9.17, 15) is 4.79 Å². The maximum atomic E-state index is 11.0. The predicted octanol–water partition coefficient (Wildman–Crippen LogP) is 5.05. The molecule has 9 heteroatoms. The van der Waals surface area contributed by atoms with Gasteiger partial charge in [0.1, 0.15) is 0 Å². The van der Waals surface area contributed by atoms with Gasteiger partial charge in [-0.2, -0.15) is 5.10 Å². The lowest BCUT2D eigenvalue weighted by Crippen LogP contribution is -1.97. The lowest BCUT2D eigenvalue weighted by molar-refractivity contribution is 0.0697. The summed E-state index contributed by atoms with van der Waals surface area (Å²) in [6, 6.07) is 11.4. The van der Waals surface area contributed by atoms with Crippen LogP contribution in [0.4, 0.5) is 0 Å². The number of thioether (sulfide) groups is 1. The molecule has 4 aromatic rings. The van der Waals surface area contributed by atoms with Crippen LogP contribution in [0.2, 0.25) is 10.0 Å². The number of hydrogen-bond donors (Lipinski definition) is 2. The van der Waals surface area contributed by atoms with Crippen molar-refractivity contribution in [3.05, 3.63) is 70.0 Å². The zero-order valence-corrected chi connectivity index (χ0v) is 16.0. The molecule has 2 aromatic heterocycles. The smallest absolute Gasteiger partial charge is 0.338 e. The largest absolute Gasteiger partial charge is 0.478 e. The third kappa shape index (κ3) is 3.66. The number of imidazole rings is 1. The van der Waals surface area contributed by atoms with E-state index in [2.05, 4.69) is 15.1 Å². The number of halogens is 2. The number of carboxylic acid groups (broad SMARTS) is 1. The fourth-order valence-corrected chi connectivity index (χ4v) is 4.10. The molecule has 0 atom stereocenters. The zero-order valence-electron chi connectivity index (χ0n) is 13.7. The van der Waals surface area contributed by atoms with E-state index < -0.39 is 5.97 Å². The Morgan fingerprint density at radius 3 is 2.78 bits per heavy atom. The number of carboxylic acids is 1. The van der Waals surface area contributed by atoms with Gasteiger partial charge in [-0.1, -0.05) is 41.4 Å². The lowest BCUT2D eigenvalue weighted by Gasteiger charge is -2.06. The molecule has 0 aliphatic rings. The Morgan fingerprint density at radius 1 is 1.22 bits per heavy atom. The molecular weight excluding hydrogens is 407 g/mol. The van der Waals surface area contributed by atoms with Crippen LogP contribution >= 0.6 is 35.0 Å². The minimum Gasteiger partial charge on any atom is -0.478 e. The van der Waals surface area contributed by atoms with Crippen LogP contribution in [-0.4, -0.2) is 30.8 Å². The third-order valence-corrected chi connectivity index (χ3v) is 5.81. The predicted molar refractivity (Wildman–Crippen MR) is 106 cm³/mol. The number of aromatic carboxylic acids is 1. The Labute approximate surface area is 168 Å². The van der Waals surface area contributed by atoms with Gasteiger partial charge in [-0.3, -0.25) is 0 Å². The van der Waals surface area contributed by atoms with E-state index >= 15 is 0 Å². The van der Waals surface area contributed by atoms with Gasteiger partial charge in [0.25, 0.3) is 0 Å². The number of benzene rings is 2. The fraction of sp³-hybridized carbons (Fsp3) is 0.0556. The van der Waals surface area contributed by atoms with Gasteiger partial charge >= 0.3 is 5.97 Å². The van der Waals surface area contributed by atoms with Crippen molar-refractivity contribution in [2.24, 2.45) is 0 Å². The molecule has 0 bridgehead atoms. The second kappa shape index (κ2) is 7.26. The van der Waals surface area contributed by atoms with Crippen LogP contribution in [0.25, 0.3) is 17.0 Å². The van der Waals surface area contributed by atoms with Crippen LogP contribution in [0, 0.1) is 0 Å². The molecule has 6 nitrogen and oxygen atoms in total. The van der Waals surface area contributed by atoms with E-state index in [0.717, 1.165) is 21.0 Å². The highest BCUT2D eigenvalue weighted by molar-refractivity contribution is 7.98. The van der Waals surface area contributed by atoms with E-state index in [-0.39, 0.29) is 5.56 Å². The molecule has 0 saturated carbocycles. The lowest BCUT2D eigenvalue weighted by atomic mass is 10.2. The number of carbonyl (C=O) groups is 1. The first-order valence-corrected chi connectivity index (χ1v) is 9.59. The molecule has 0 fully saturated rings. The van der Waals surface area contributed by atoms with Crippen LogP contribution in [-0.2, 0) is 5.75 Å². The van der Waals surface area contributed by atoms with Crippen molar-refractivity contribution in [1.82, 2.24) is 19.7 Å². The molecule has 0 saturated heterocycles. The Kier molecular flexibility index (Phi) is 4.82. The van der Waals surface area contributed by atoms with Crippen molar-refractivity contribution < 1.29 is 9.90 Å². The van der Waals surface area contributed by atoms with E-state index in [1.165, 1.54) is 17.1 Å². The number of fused-ring (bicyclic) bond motifs is 1. The van der Waals surface area contributed by atoms with Gasteiger partial charge in [-0.15, -0.1) is 11.8 Å². The number of aromatic nitrogens is 4. The molecule has 2 heterocycles. The fourth-order valence-electron chi connectivity index (χ4n) is 2.54. The van der Waals surface area contributed by atoms with Gasteiger partial charge in [0.05, 0.1) is 27.8 Å². The maximum absolute atomic E-state index is 11.0. The van der Waals surface area contributed by atoms with Crippen molar-refractivity contribution in [2.45, 2.75) is 10.6 Å². The van der Waals surface area contributed by atoms with E-state index in [4.69, 9.17) is 28.3 Å². The number of nitrogens with zero attached hydrogens (tertiary/aromatic N) is 3. The summed E-state index contributed by atoms with van der Waals surface area (Å²) < 4.78 is 1.38. The number of aromatic amines is 1. The highest BCUT2D eigenvalue weighted by atomic mass is 35.5. The standard InChI is InChI=1S/C18H12Cl2N4O2S/c19-12-4-2-1-3-10(12)9-27-16-6-15-14(5-13(16)20)22-18(23-15)24-8-11(7-21-24)17(25)26/h1-8H,9H2,(H,22,23)(H,25,26). The molecular formula is C18H12Cl2N4O2S. The molecule has 4 rings (SSSR count). The van der Waals surface area contributed by atoms with Crippen molar-refractivity contribution in [2.75, 3.05) is 0 Å². The molecule has 0 radical (unpaired) electrons. The number of H-pyrrole nitrogens is 1. The first-order chi connectivity index (χ1) is 13.0. The first-order valence-electron chi connectivity index (χ1n) is 7.85. The second-order valence-corrected chi connectivity index (χ2v) is 7.55. The molecule has 0 spiro atoms. The topological polar surface area (TPSA) is 83.8 Å². The molecule has 0 aliphatic carbocycles. The van der Waals surface area contributed by atoms with Crippen LogP contribution in [0.5, 0.6) is 0 Å². The van der Waals surface area contributed by atoms with Crippen LogP contribution in [0.1, 0.15) is 15.9 Å². The Bertz CT molecular complexity index is 1160. The van der Waals surface area contributed by atoms with Crippen LogP contribution < -0.4 is 0 Å². The summed E-state index contributed by atoms with van der Waals surface area (Å²) in [6.45, 7) is 0. The first kappa shape index (κ1) is 17.9. The van der Waals surface area contributed by atoms with Crippen LogP contribution in [0.3, 0.4) is 0 Å². The van der Waals surface area contributed by atoms with Gasteiger partial charge in [0.15, 0.2) is 0 Å². The second-order valence-electron chi connectivity index (χ2n) is 5.72.